The molecule has 0 aliphatic carbocycles. The molecule has 1 atom stereocenters. The maximum Gasteiger partial charge on any atom is 0.239 e. The van der Waals surface area contributed by atoms with Crippen molar-refractivity contribution in [3.8, 4) is 0 Å². The number of piperidine rings is 2. The van der Waals surface area contributed by atoms with Gasteiger partial charge < -0.3 is 10.6 Å². The van der Waals surface area contributed by atoms with E-state index in [1.807, 2.05) is 18.5 Å². The van der Waals surface area contributed by atoms with Crippen molar-refractivity contribution in [1.29, 1.82) is 0 Å². The summed E-state index contributed by atoms with van der Waals surface area (Å²) in [5.41, 5.74) is 1.27. The summed E-state index contributed by atoms with van der Waals surface area (Å²) in [6.07, 6.45) is 8.01. The lowest BCUT2D eigenvalue weighted by Crippen LogP contribution is -2.51. The Morgan fingerprint density at radius 1 is 1.22 bits per heavy atom. The van der Waals surface area contributed by atoms with Gasteiger partial charge >= 0.3 is 0 Å². The van der Waals surface area contributed by atoms with E-state index in [4.69, 9.17) is 0 Å². The zero-order valence-corrected chi connectivity index (χ0v) is 16.2. The molecule has 7 heteroatoms. The summed E-state index contributed by atoms with van der Waals surface area (Å²) in [5.74, 6) is -0.147. The molecule has 0 spiro atoms. The van der Waals surface area contributed by atoms with Crippen LogP contribution in [0.3, 0.4) is 0 Å². The van der Waals surface area contributed by atoms with Gasteiger partial charge in [0.25, 0.3) is 0 Å². The van der Waals surface area contributed by atoms with Crippen molar-refractivity contribution in [2.75, 3.05) is 39.8 Å². The van der Waals surface area contributed by atoms with Crippen LogP contribution in [-0.4, -0.2) is 72.4 Å². The molecule has 0 aromatic carbocycles. The molecule has 0 unspecified atom stereocenters. The van der Waals surface area contributed by atoms with Crippen molar-refractivity contribution < 1.29 is 9.59 Å². The summed E-state index contributed by atoms with van der Waals surface area (Å²) in [6.45, 7) is 5.09. The normalized spacial score (nSPS) is 22.3. The van der Waals surface area contributed by atoms with Gasteiger partial charge in [0.15, 0.2) is 0 Å². The van der Waals surface area contributed by atoms with Crippen LogP contribution in [0.15, 0.2) is 24.5 Å². The first-order valence-electron chi connectivity index (χ1n) is 9.99. The Balaban J connectivity index is 1.43. The number of likely N-dealkylation sites (tertiary alicyclic amines) is 2. The van der Waals surface area contributed by atoms with E-state index in [0.29, 0.717) is 6.04 Å². The largest absolute Gasteiger partial charge is 0.358 e. The van der Waals surface area contributed by atoms with Crippen LogP contribution in [-0.2, 0) is 16.1 Å². The first-order chi connectivity index (χ1) is 13.2. The molecule has 3 heterocycles. The quantitative estimate of drug-likeness (QED) is 0.764. The molecule has 2 aliphatic rings. The SMILES string of the molecule is CNC(=O)CNC(=O)[C@H]1CCCN(C2CCN(Cc3cccnc3)CC2)C1. The second kappa shape index (κ2) is 9.80. The number of likely N-dealkylation sites (N-methyl/N-ethyl adjacent to an activating group) is 1. The molecule has 148 valence electrons. The summed E-state index contributed by atoms with van der Waals surface area (Å²) < 4.78 is 0. The van der Waals surface area contributed by atoms with E-state index in [1.165, 1.54) is 5.56 Å². The molecule has 3 rings (SSSR count). The molecule has 2 N–H and O–H groups in total. The van der Waals surface area contributed by atoms with E-state index in [2.05, 4.69) is 31.5 Å². The Morgan fingerprint density at radius 3 is 2.74 bits per heavy atom. The fourth-order valence-corrected chi connectivity index (χ4v) is 4.14. The Kier molecular flexibility index (Phi) is 7.18. The van der Waals surface area contributed by atoms with E-state index in [0.717, 1.165) is 58.4 Å². The van der Waals surface area contributed by atoms with Crippen LogP contribution in [0.4, 0.5) is 0 Å². The van der Waals surface area contributed by atoms with Crippen molar-refractivity contribution in [1.82, 2.24) is 25.4 Å². The summed E-state index contributed by atoms with van der Waals surface area (Å²) >= 11 is 0. The van der Waals surface area contributed by atoms with Crippen LogP contribution < -0.4 is 10.6 Å². The van der Waals surface area contributed by atoms with Crippen molar-refractivity contribution >= 4 is 11.8 Å². The molecule has 7 nitrogen and oxygen atoms in total. The predicted octanol–water partition coefficient (Wildman–Crippen LogP) is 0.620. The van der Waals surface area contributed by atoms with Crippen molar-refractivity contribution in [3.63, 3.8) is 0 Å². The fourth-order valence-electron chi connectivity index (χ4n) is 4.14. The minimum absolute atomic E-state index is 0.00294. The molecule has 0 saturated carbocycles. The van der Waals surface area contributed by atoms with Gasteiger partial charge in [0.1, 0.15) is 0 Å². The third kappa shape index (κ3) is 5.74. The zero-order chi connectivity index (χ0) is 19.1. The van der Waals surface area contributed by atoms with Gasteiger partial charge in [-0.2, -0.15) is 0 Å². The van der Waals surface area contributed by atoms with Gasteiger partial charge in [0, 0.05) is 38.6 Å². The monoisotopic (exact) mass is 373 g/mol. The highest BCUT2D eigenvalue weighted by Gasteiger charge is 2.31. The average molecular weight is 374 g/mol. The molecular weight excluding hydrogens is 342 g/mol. The smallest absolute Gasteiger partial charge is 0.239 e. The standard InChI is InChI=1S/C20H31N5O2/c1-21-19(26)13-23-20(27)17-5-3-9-25(15-17)18-6-10-24(11-7-18)14-16-4-2-8-22-12-16/h2,4,8,12,17-18H,3,5-7,9-11,13-15H2,1H3,(H,21,26)(H,23,27)/t17-/m0/s1. The van der Waals surface area contributed by atoms with Crippen molar-refractivity contribution in [3.05, 3.63) is 30.1 Å². The highest BCUT2D eigenvalue weighted by molar-refractivity contribution is 5.85. The van der Waals surface area contributed by atoms with Crippen LogP contribution in [0.1, 0.15) is 31.2 Å². The van der Waals surface area contributed by atoms with E-state index in [-0.39, 0.29) is 24.3 Å². The number of nitrogens with one attached hydrogen (secondary N) is 2. The lowest BCUT2D eigenvalue weighted by atomic mass is 9.93. The number of amides is 2. The van der Waals surface area contributed by atoms with E-state index >= 15 is 0 Å². The molecule has 1 aromatic heterocycles. The number of carbonyl (C=O) groups excluding carboxylic acids is 2. The van der Waals surface area contributed by atoms with Crippen LogP contribution in [0.5, 0.6) is 0 Å². The summed E-state index contributed by atoms with van der Waals surface area (Å²) in [5, 5.41) is 5.30. The molecular formula is C20H31N5O2. The summed E-state index contributed by atoms with van der Waals surface area (Å²) in [7, 11) is 1.58. The highest BCUT2D eigenvalue weighted by Crippen LogP contribution is 2.24. The Labute approximate surface area is 161 Å². The number of carbonyl (C=O) groups is 2. The van der Waals surface area contributed by atoms with Gasteiger partial charge in [0.05, 0.1) is 12.5 Å². The van der Waals surface area contributed by atoms with E-state index in [9.17, 15) is 9.59 Å². The van der Waals surface area contributed by atoms with Crippen molar-refractivity contribution in [2.24, 2.45) is 5.92 Å². The third-order valence-electron chi connectivity index (χ3n) is 5.73. The number of rotatable bonds is 6. The highest BCUT2D eigenvalue weighted by atomic mass is 16.2. The van der Waals surface area contributed by atoms with Crippen LogP contribution in [0.2, 0.25) is 0 Å². The lowest BCUT2D eigenvalue weighted by Gasteiger charge is -2.42. The maximum atomic E-state index is 12.4. The van der Waals surface area contributed by atoms with Crippen LogP contribution >= 0.6 is 0 Å². The first-order valence-corrected chi connectivity index (χ1v) is 9.99. The first kappa shape index (κ1) is 19.8. The minimum atomic E-state index is -0.156. The number of pyridine rings is 1. The number of hydrogen-bond acceptors (Lipinski definition) is 5. The van der Waals surface area contributed by atoms with Crippen molar-refractivity contribution in [2.45, 2.75) is 38.3 Å². The van der Waals surface area contributed by atoms with Gasteiger partial charge in [0.2, 0.25) is 11.8 Å². The zero-order valence-electron chi connectivity index (χ0n) is 16.2. The average Bonchev–Trinajstić information content (AvgIpc) is 2.73. The Hall–Kier alpha value is -1.99. The van der Waals surface area contributed by atoms with Crippen LogP contribution in [0.25, 0.3) is 0 Å². The number of aromatic nitrogens is 1. The molecule has 2 amide bonds. The molecule has 2 fully saturated rings. The number of nitrogens with zero attached hydrogens (tertiary/aromatic N) is 3. The van der Waals surface area contributed by atoms with Gasteiger partial charge in [-0.15, -0.1) is 0 Å². The van der Waals surface area contributed by atoms with Gasteiger partial charge in [-0.25, -0.2) is 0 Å². The van der Waals surface area contributed by atoms with Gasteiger partial charge in [-0.05, 0) is 56.9 Å². The summed E-state index contributed by atoms with van der Waals surface area (Å²) in [4.78, 5) is 32.9. The number of hydrogen-bond donors (Lipinski definition) is 2. The minimum Gasteiger partial charge on any atom is -0.358 e. The molecule has 2 aliphatic heterocycles. The Bertz CT molecular complexity index is 616. The fraction of sp³-hybridized carbons (Fsp3) is 0.650. The second-order valence-corrected chi connectivity index (χ2v) is 7.59. The topological polar surface area (TPSA) is 77.6 Å². The molecule has 2 saturated heterocycles. The van der Waals surface area contributed by atoms with Gasteiger partial charge in [-0.3, -0.25) is 24.4 Å². The lowest BCUT2D eigenvalue weighted by molar-refractivity contribution is -0.130. The predicted molar refractivity (Wildman–Crippen MR) is 104 cm³/mol. The van der Waals surface area contributed by atoms with E-state index in [1.54, 1.807) is 7.05 Å². The van der Waals surface area contributed by atoms with E-state index < -0.39 is 0 Å². The third-order valence-corrected chi connectivity index (χ3v) is 5.73. The molecule has 27 heavy (non-hydrogen) atoms. The maximum absolute atomic E-state index is 12.4. The summed E-state index contributed by atoms with van der Waals surface area (Å²) in [6, 6.07) is 4.68. The molecule has 0 radical (unpaired) electrons. The Morgan fingerprint density at radius 2 is 2.04 bits per heavy atom. The molecule has 0 bridgehead atoms. The van der Waals surface area contributed by atoms with Crippen LogP contribution in [0, 0.1) is 5.92 Å². The molecule has 1 aromatic rings. The van der Waals surface area contributed by atoms with Gasteiger partial charge in [-0.1, -0.05) is 6.07 Å². The second-order valence-electron chi connectivity index (χ2n) is 7.59.